The average Bonchev–Trinajstić information content (AvgIpc) is 2.44. The number of hydrogen-bond donors (Lipinski definition) is 1. The number of hydrogen-bond acceptors (Lipinski definition) is 2. The van der Waals surface area contributed by atoms with Crippen LogP contribution in [0.15, 0.2) is 41.3 Å². The lowest BCUT2D eigenvalue weighted by molar-refractivity contribution is 0.779. The van der Waals surface area contributed by atoms with Gasteiger partial charge in [-0.25, -0.2) is 0 Å². The lowest BCUT2D eigenvalue weighted by atomic mass is 9.89. The Morgan fingerprint density at radius 1 is 1.26 bits per heavy atom. The quantitative estimate of drug-likeness (QED) is 0.916. The van der Waals surface area contributed by atoms with Crippen LogP contribution >= 0.6 is 0 Å². The van der Waals surface area contributed by atoms with Gasteiger partial charge in [-0.2, -0.15) is 0 Å². The van der Waals surface area contributed by atoms with Crippen molar-refractivity contribution in [1.82, 2.24) is 4.57 Å². The fourth-order valence-electron chi connectivity index (χ4n) is 2.51. The maximum absolute atomic E-state index is 12.0. The van der Waals surface area contributed by atoms with E-state index in [4.69, 9.17) is 5.73 Å². The van der Waals surface area contributed by atoms with Crippen molar-refractivity contribution in [2.45, 2.75) is 26.3 Å². The summed E-state index contributed by atoms with van der Waals surface area (Å²) >= 11 is 0. The van der Waals surface area contributed by atoms with Gasteiger partial charge in [0.25, 0.3) is 5.56 Å². The first kappa shape index (κ1) is 13.6. The fraction of sp³-hybridized carbons (Fsp3) is 0.312. The van der Waals surface area contributed by atoms with Crippen molar-refractivity contribution in [3.8, 4) is 0 Å². The molecule has 0 amide bonds. The van der Waals surface area contributed by atoms with Crippen molar-refractivity contribution in [3.63, 3.8) is 0 Å². The number of benzene rings is 1. The highest BCUT2D eigenvalue weighted by atomic mass is 16.1. The van der Waals surface area contributed by atoms with Gasteiger partial charge in [-0.1, -0.05) is 37.3 Å². The summed E-state index contributed by atoms with van der Waals surface area (Å²) in [5, 5.41) is 0. The van der Waals surface area contributed by atoms with E-state index in [1.54, 1.807) is 11.6 Å². The number of rotatable bonds is 3. The predicted molar refractivity (Wildman–Crippen MR) is 78.3 cm³/mol. The standard InChI is InChI=1S/C16H20N2O/c1-11(13-7-5-4-6-8-13)15-10-18(3)16(19)14(9-17)12(15)2/h4-8,10-11H,9,17H2,1-3H3. The van der Waals surface area contributed by atoms with Gasteiger partial charge in [0.05, 0.1) is 0 Å². The summed E-state index contributed by atoms with van der Waals surface area (Å²) in [6.45, 7) is 4.43. The Kier molecular flexibility index (Phi) is 3.86. The molecule has 3 heteroatoms. The molecule has 19 heavy (non-hydrogen) atoms. The second-order valence-corrected chi connectivity index (χ2v) is 4.94. The van der Waals surface area contributed by atoms with Crippen LogP contribution in [0, 0.1) is 6.92 Å². The zero-order valence-corrected chi connectivity index (χ0v) is 11.7. The molecule has 0 fully saturated rings. The summed E-state index contributed by atoms with van der Waals surface area (Å²) < 4.78 is 1.63. The van der Waals surface area contributed by atoms with Crippen molar-refractivity contribution in [2.75, 3.05) is 0 Å². The molecule has 0 bridgehead atoms. The van der Waals surface area contributed by atoms with Crippen LogP contribution in [0.4, 0.5) is 0 Å². The number of nitrogens with zero attached hydrogens (tertiary/aromatic N) is 1. The summed E-state index contributed by atoms with van der Waals surface area (Å²) in [4.78, 5) is 12.0. The van der Waals surface area contributed by atoms with Gasteiger partial charge in [-0.15, -0.1) is 0 Å². The van der Waals surface area contributed by atoms with Crippen molar-refractivity contribution >= 4 is 0 Å². The number of aromatic nitrogens is 1. The minimum Gasteiger partial charge on any atom is -0.326 e. The maximum Gasteiger partial charge on any atom is 0.255 e. The van der Waals surface area contributed by atoms with E-state index in [9.17, 15) is 4.79 Å². The third kappa shape index (κ3) is 2.47. The molecule has 2 N–H and O–H groups in total. The van der Waals surface area contributed by atoms with Crippen molar-refractivity contribution in [3.05, 3.63) is 69.1 Å². The molecule has 1 unspecified atom stereocenters. The monoisotopic (exact) mass is 256 g/mol. The smallest absolute Gasteiger partial charge is 0.255 e. The number of nitrogens with two attached hydrogens (primary N) is 1. The van der Waals surface area contributed by atoms with Crippen molar-refractivity contribution in [1.29, 1.82) is 0 Å². The van der Waals surface area contributed by atoms with E-state index in [0.29, 0.717) is 5.56 Å². The van der Waals surface area contributed by atoms with Crippen LogP contribution in [-0.4, -0.2) is 4.57 Å². The minimum atomic E-state index is 0.00371. The van der Waals surface area contributed by atoms with Crippen LogP contribution in [0.3, 0.4) is 0 Å². The van der Waals surface area contributed by atoms with Gasteiger partial charge in [0.15, 0.2) is 0 Å². The van der Waals surface area contributed by atoms with Gasteiger partial charge in [-0.3, -0.25) is 4.79 Å². The van der Waals surface area contributed by atoms with E-state index in [2.05, 4.69) is 19.1 Å². The molecule has 0 radical (unpaired) electrons. The third-order valence-corrected chi connectivity index (χ3v) is 3.77. The first-order valence-electron chi connectivity index (χ1n) is 6.50. The van der Waals surface area contributed by atoms with Gasteiger partial charge in [0.2, 0.25) is 0 Å². The van der Waals surface area contributed by atoms with Gasteiger partial charge in [0.1, 0.15) is 0 Å². The second-order valence-electron chi connectivity index (χ2n) is 4.94. The Labute approximate surface area is 113 Å². The van der Waals surface area contributed by atoms with Crippen LogP contribution in [0.2, 0.25) is 0 Å². The molecule has 1 aromatic heterocycles. The van der Waals surface area contributed by atoms with E-state index in [1.165, 1.54) is 5.56 Å². The van der Waals surface area contributed by atoms with Crippen LogP contribution in [-0.2, 0) is 13.6 Å². The maximum atomic E-state index is 12.0. The van der Waals surface area contributed by atoms with E-state index in [0.717, 1.165) is 11.1 Å². The summed E-state index contributed by atoms with van der Waals surface area (Å²) in [5.74, 6) is 0.248. The molecule has 2 aromatic rings. The summed E-state index contributed by atoms with van der Waals surface area (Å²) in [6, 6.07) is 10.3. The average molecular weight is 256 g/mol. The third-order valence-electron chi connectivity index (χ3n) is 3.77. The first-order valence-corrected chi connectivity index (χ1v) is 6.50. The van der Waals surface area contributed by atoms with Gasteiger partial charge in [-0.05, 0) is 23.6 Å². The number of aryl methyl sites for hydroxylation is 1. The van der Waals surface area contributed by atoms with Crippen LogP contribution < -0.4 is 11.3 Å². The largest absolute Gasteiger partial charge is 0.326 e. The zero-order valence-electron chi connectivity index (χ0n) is 11.7. The summed E-state index contributed by atoms with van der Waals surface area (Å²) in [7, 11) is 1.78. The highest BCUT2D eigenvalue weighted by Crippen LogP contribution is 2.26. The molecule has 0 saturated carbocycles. The molecule has 2 rings (SSSR count). The molecule has 3 nitrogen and oxygen atoms in total. The molecule has 100 valence electrons. The molecular weight excluding hydrogens is 236 g/mol. The van der Waals surface area contributed by atoms with Crippen molar-refractivity contribution in [2.24, 2.45) is 12.8 Å². The molecule has 1 atom stereocenters. The fourth-order valence-corrected chi connectivity index (χ4v) is 2.51. The van der Waals surface area contributed by atoms with Crippen LogP contribution in [0.1, 0.15) is 35.1 Å². The Hall–Kier alpha value is -1.87. The van der Waals surface area contributed by atoms with Crippen LogP contribution in [0.25, 0.3) is 0 Å². The zero-order chi connectivity index (χ0) is 14.0. The molecule has 1 heterocycles. The summed E-state index contributed by atoms with van der Waals surface area (Å²) in [5.41, 5.74) is 9.85. The van der Waals surface area contributed by atoms with E-state index in [-0.39, 0.29) is 18.0 Å². The van der Waals surface area contributed by atoms with Gasteiger partial charge >= 0.3 is 0 Å². The highest BCUT2D eigenvalue weighted by molar-refractivity contribution is 5.39. The predicted octanol–water partition coefficient (Wildman–Crippen LogP) is 2.30. The van der Waals surface area contributed by atoms with E-state index < -0.39 is 0 Å². The molecule has 1 aromatic carbocycles. The van der Waals surface area contributed by atoms with Gasteiger partial charge in [0, 0.05) is 31.3 Å². The van der Waals surface area contributed by atoms with E-state index in [1.807, 2.05) is 31.3 Å². The Morgan fingerprint density at radius 2 is 1.89 bits per heavy atom. The van der Waals surface area contributed by atoms with E-state index >= 15 is 0 Å². The molecule has 0 aliphatic carbocycles. The SMILES string of the molecule is Cc1c(C(C)c2ccccc2)cn(C)c(=O)c1CN. The molecule has 0 saturated heterocycles. The Bertz CT molecular complexity index is 629. The number of pyridine rings is 1. The van der Waals surface area contributed by atoms with Crippen LogP contribution in [0.5, 0.6) is 0 Å². The first-order chi connectivity index (χ1) is 9.06. The minimum absolute atomic E-state index is 0.00371. The molecule has 0 aliphatic heterocycles. The lowest BCUT2D eigenvalue weighted by Crippen LogP contribution is -2.26. The Morgan fingerprint density at radius 3 is 2.47 bits per heavy atom. The topological polar surface area (TPSA) is 48.0 Å². The second kappa shape index (κ2) is 5.41. The van der Waals surface area contributed by atoms with Gasteiger partial charge < -0.3 is 10.3 Å². The van der Waals surface area contributed by atoms with Crippen molar-refractivity contribution < 1.29 is 0 Å². The normalized spacial score (nSPS) is 12.4. The lowest BCUT2D eigenvalue weighted by Gasteiger charge is -2.18. The Balaban J connectivity index is 2.58. The molecular formula is C16H20N2O. The molecule has 0 spiro atoms. The highest BCUT2D eigenvalue weighted by Gasteiger charge is 2.16. The summed E-state index contributed by atoms with van der Waals surface area (Å²) in [6.07, 6.45) is 1.93. The molecule has 0 aliphatic rings.